The van der Waals surface area contributed by atoms with E-state index in [1.54, 1.807) is 0 Å². The van der Waals surface area contributed by atoms with Crippen LogP contribution in [0.2, 0.25) is 0 Å². The van der Waals surface area contributed by atoms with E-state index in [4.69, 9.17) is 14.6 Å². The standard InChI is InChI=1S/C26H29N3O3/c1-18-10-11-20(15-19(18)2)24-23(17-29(27-24)22-8-4-3-5-9-22)25(30)28-12-6-7-21(16-28)26-31-13-14-32-26/h3-5,8-11,15,17,21,26H,6-7,12-14,16H2,1-2H3. The summed E-state index contributed by atoms with van der Waals surface area (Å²) in [4.78, 5) is 15.7. The van der Waals surface area contributed by atoms with Crippen molar-refractivity contribution in [3.8, 4) is 16.9 Å². The summed E-state index contributed by atoms with van der Waals surface area (Å²) >= 11 is 0. The van der Waals surface area contributed by atoms with Crippen molar-refractivity contribution in [2.24, 2.45) is 5.92 Å². The molecule has 1 unspecified atom stereocenters. The summed E-state index contributed by atoms with van der Waals surface area (Å²) in [6.07, 6.45) is 3.64. The molecule has 0 saturated carbocycles. The third-order valence-corrected chi connectivity index (χ3v) is 6.52. The summed E-state index contributed by atoms with van der Waals surface area (Å²) in [5.41, 5.74) is 5.65. The Balaban J connectivity index is 1.50. The number of hydrogen-bond donors (Lipinski definition) is 0. The van der Waals surface area contributed by atoms with E-state index in [2.05, 4.69) is 32.0 Å². The SMILES string of the molecule is Cc1ccc(-c2nn(-c3ccccc3)cc2C(=O)N2CCCC(C3OCCO3)C2)cc1C. The van der Waals surface area contributed by atoms with Crippen LogP contribution in [0.3, 0.4) is 0 Å². The van der Waals surface area contributed by atoms with Gasteiger partial charge in [0.05, 0.1) is 24.5 Å². The lowest BCUT2D eigenvalue weighted by atomic mass is 9.96. The third kappa shape index (κ3) is 4.08. The fraction of sp³-hybridized carbons (Fsp3) is 0.385. The molecule has 6 heteroatoms. The summed E-state index contributed by atoms with van der Waals surface area (Å²) in [5, 5.41) is 4.85. The predicted molar refractivity (Wildman–Crippen MR) is 123 cm³/mol. The van der Waals surface area contributed by atoms with Crippen LogP contribution in [-0.4, -0.2) is 53.2 Å². The topological polar surface area (TPSA) is 56.6 Å². The van der Waals surface area contributed by atoms with Crippen molar-refractivity contribution >= 4 is 5.91 Å². The lowest BCUT2D eigenvalue weighted by Crippen LogP contribution is -2.43. The molecule has 32 heavy (non-hydrogen) atoms. The Morgan fingerprint density at radius 1 is 1.03 bits per heavy atom. The molecule has 2 fully saturated rings. The zero-order valence-corrected chi connectivity index (χ0v) is 18.7. The van der Waals surface area contributed by atoms with Gasteiger partial charge in [-0.15, -0.1) is 0 Å². The van der Waals surface area contributed by atoms with Crippen LogP contribution < -0.4 is 0 Å². The third-order valence-electron chi connectivity index (χ3n) is 6.52. The van der Waals surface area contributed by atoms with Gasteiger partial charge in [-0.3, -0.25) is 4.79 Å². The van der Waals surface area contributed by atoms with E-state index in [1.165, 1.54) is 11.1 Å². The maximum absolute atomic E-state index is 13.7. The van der Waals surface area contributed by atoms with Crippen LogP contribution in [0.25, 0.3) is 16.9 Å². The zero-order chi connectivity index (χ0) is 22.1. The Hall–Kier alpha value is -2.96. The molecule has 2 saturated heterocycles. The number of benzene rings is 2. The number of carbonyl (C=O) groups excluding carboxylic acids is 1. The van der Waals surface area contributed by atoms with Crippen molar-refractivity contribution in [3.05, 3.63) is 71.4 Å². The van der Waals surface area contributed by atoms with E-state index in [-0.39, 0.29) is 18.1 Å². The molecule has 1 amide bonds. The van der Waals surface area contributed by atoms with E-state index in [9.17, 15) is 4.79 Å². The monoisotopic (exact) mass is 431 g/mol. The second-order valence-electron chi connectivity index (χ2n) is 8.73. The van der Waals surface area contributed by atoms with Gasteiger partial charge >= 0.3 is 0 Å². The zero-order valence-electron chi connectivity index (χ0n) is 18.7. The van der Waals surface area contributed by atoms with Gasteiger partial charge in [-0.2, -0.15) is 5.10 Å². The highest BCUT2D eigenvalue weighted by Gasteiger charge is 2.34. The highest BCUT2D eigenvalue weighted by Crippen LogP contribution is 2.30. The molecule has 2 aliphatic heterocycles. The number of amides is 1. The number of aryl methyl sites for hydroxylation is 2. The van der Waals surface area contributed by atoms with Gasteiger partial charge in [0.25, 0.3) is 5.91 Å². The largest absolute Gasteiger partial charge is 0.350 e. The van der Waals surface area contributed by atoms with Gasteiger partial charge in [0, 0.05) is 30.8 Å². The van der Waals surface area contributed by atoms with Crippen LogP contribution in [0.4, 0.5) is 0 Å². The lowest BCUT2D eigenvalue weighted by molar-refractivity contribution is -0.0969. The Kier molecular flexibility index (Phi) is 5.81. The van der Waals surface area contributed by atoms with Crippen molar-refractivity contribution in [2.75, 3.05) is 26.3 Å². The molecule has 0 bridgehead atoms. The van der Waals surface area contributed by atoms with E-state index >= 15 is 0 Å². The minimum absolute atomic E-state index is 0.0168. The molecule has 0 radical (unpaired) electrons. The first-order valence-corrected chi connectivity index (χ1v) is 11.4. The van der Waals surface area contributed by atoms with Gasteiger partial charge in [0.15, 0.2) is 6.29 Å². The Morgan fingerprint density at radius 2 is 1.81 bits per heavy atom. The second-order valence-corrected chi connectivity index (χ2v) is 8.73. The molecule has 0 N–H and O–H groups in total. The average molecular weight is 432 g/mol. The van der Waals surface area contributed by atoms with Crippen molar-refractivity contribution < 1.29 is 14.3 Å². The Bertz CT molecular complexity index is 1100. The number of piperidine rings is 1. The van der Waals surface area contributed by atoms with Crippen molar-refractivity contribution in [3.63, 3.8) is 0 Å². The highest BCUT2D eigenvalue weighted by molar-refractivity contribution is 6.00. The first-order chi connectivity index (χ1) is 15.6. The predicted octanol–water partition coefficient (Wildman–Crippen LogP) is 4.38. The number of nitrogens with zero attached hydrogens (tertiary/aromatic N) is 3. The molecule has 2 aromatic carbocycles. The van der Waals surface area contributed by atoms with E-state index in [0.29, 0.717) is 25.3 Å². The molecule has 1 atom stereocenters. The summed E-state index contributed by atoms with van der Waals surface area (Å²) in [7, 11) is 0. The number of rotatable bonds is 4. The van der Waals surface area contributed by atoms with Crippen molar-refractivity contribution in [1.82, 2.24) is 14.7 Å². The van der Waals surface area contributed by atoms with Gasteiger partial charge in [-0.1, -0.05) is 30.3 Å². The number of hydrogen-bond acceptors (Lipinski definition) is 4. The first kappa shape index (κ1) is 20.9. The molecule has 6 nitrogen and oxygen atoms in total. The summed E-state index contributed by atoms with van der Waals surface area (Å²) in [6.45, 7) is 6.84. The van der Waals surface area contributed by atoms with E-state index < -0.39 is 0 Å². The summed E-state index contributed by atoms with van der Waals surface area (Å²) in [5.74, 6) is 0.229. The number of likely N-dealkylation sites (tertiary alicyclic amines) is 1. The van der Waals surface area contributed by atoms with Gasteiger partial charge in [-0.25, -0.2) is 4.68 Å². The minimum Gasteiger partial charge on any atom is -0.350 e. The molecule has 166 valence electrons. The molecular formula is C26H29N3O3. The molecule has 2 aliphatic rings. The molecule has 0 spiro atoms. The van der Waals surface area contributed by atoms with Crippen LogP contribution >= 0.6 is 0 Å². The molecule has 3 heterocycles. The summed E-state index contributed by atoms with van der Waals surface area (Å²) in [6, 6.07) is 16.2. The Labute approximate surface area is 188 Å². The smallest absolute Gasteiger partial charge is 0.257 e. The fourth-order valence-corrected chi connectivity index (χ4v) is 4.58. The molecule has 0 aliphatic carbocycles. The Morgan fingerprint density at radius 3 is 2.56 bits per heavy atom. The second kappa shape index (κ2) is 8.88. The molecule has 3 aromatic rings. The molecule has 5 rings (SSSR count). The van der Waals surface area contributed by atoms with Gasteiger partial charge in [-0.05, 0) is 56.0 Å². The van der Waals surface area contributed by atoms with Crippen LogP contribution in [0.15, 0.2) is 54.7 Å². The number of carbonyl (C=O) groups is 1. The van der Waals surface area contributed by atoms with Crippen molar-refractivity contribution in [1.29, 1.82) is 0 Å². The molecule has 1 aromatic heterocycles. The van der Waals surface area contributed by atoms with Crippen LogP contribution in [0.5, 0.6) is 0 Å². The number of para-hydroxylation sites is 1. The van der Waals surface area contributed by atoms with Gasteiger partial charge in [0.2, 0.25) is 0 Å². The minimum atomic E-state index is -0.197. The first-order valence-electron chi connectivity index (χ1n) is 11.4. The average Bonchev–Trinajstić information content (AvgIpc) is 3.52. The normalized spacial score (nSPS) is 19.4. The lowest BCUT2D eigenvalue weighted by Gasteiger charge is -2.34. The number of ether oxygens (including phenoxy) is 2. The maximum Gasteiger partial charge on any atom is 0.257 e. The quantitative estimate of drug-likeness (QED) is 0.615. The van der Waals surface area contributed by atoms with Crippen LogP contribution in [0, 0.1) is 19.8 Å². The summed E-state index contributed by atoms with van der Waals surface area (Å²) < 4.78 is 13.3. The van der Waals surface area contributed by atoms with Crippen LogP contribution in [-0.2, 0) is 9.47 Å². The van der Waals surface area contributed by atoms with E-state index in [0.717, 1.165) is 36.3 Å². The van der Waals surface area contributed by atoms with Crippen LogP contribution in [0.1, 0.15) is 34.3 Å². The maximum atomic E-state index is 13.7. The van der Waals surface area contributed by atoms with Gasteiger partial charge < -0.3 is 14.4 Å². The van der Waals surface area contributed by atoms with Gasteiger partial charge in [0.1, 0.15) is 5.69 Å². The fourth-order valence-electron chi connectivity index (χ4n) is 4.58. The molecular weight excluding hydrogens is 402 g/mol. The highest BCUT2D eigenvalue weighted by atomic mass is 16.7. The van der Waals surface area contributed by atoms with Crippen molar-refractivity contribution in [2.45, 2.75) is 33.0 Å². The van der Waals surface area contributed by atoms with E-state index in [1.807, 2.05) is 46.1 Å². The number of aromatic nitrogens is 2.